The summed E-state index contributed by atoms with van der Waals surface area (Å²) in [5.74, 6) is 1.11. The number of H-pyrrole nitrogens is 1. The molecule has 0 aliphatic carbocycles. The maximum atomic E-state index is 11.9. The van der Waals surface area contributed by atoms with Gasteiger partial charge in [0.1, 0.15) is 5.82 Å². The van der Waals surface area contributed by atoms with Gasteiger partial charge < -0.3 is 9.64 Å². The number of rotatable bonds is 5. The van der Waals surface area contributed by atoms with Crippen molar-refractivity contribution in [3.63, 3.8) is 0 Å². The Bertz CT molecular complexity index is 1080. The molecule has 3 aromatic rings. The molecule has 3 heterocycles. The van der Waals surface area contributed by atoms with E-state index in [1.165, 1.54) is 6.26 Å². The van der Waals surface area contributed by atoms with Crippen LogP contribution in [0.15, 0.2) is 42.7 Å². The van der Waals surface area contributed by atoms with E-state index in [9.17, 15) is 8.42 Å². The van der Waals surface area contributed by atoms with Gasteiger partial charge in [0.25, 0.3) is 0 Å². The molecule has 1 saturated heterocycles. The number of ether oxygens (including phenoxy) is 1. The normalized spacial score (nSPS) is 17.4. The fourth-order valence-electron chi connectivity index (χ4n) is 3.39. The van der Waals surface area contributed by atoms with E-state index >= 15 is 0 Å². The fraction of sp³-hybridized carbons (Fsp3) is 0.350. The molecule has 2 aromatic heterocycles. The second kappa shape index (κ2) is 7.92. The maximum Gasteiger partial charge on any atom is 0.161 e. The summed E-state index contributed by atoms with van der Waals surface area (Å²) in [7, 11) is -3.22. The summed E-state index contributed by atoms with van der Waals surface area (Å²) in [6.07, 6.45) is 4.80. The second-order valence-electron chi connectivity index (χ2n) is 7.29. The van der Waals surface area contributed by atoms with E-state index in [2.05, 4.69) is 27.0 Å². The van der Waals surface area contributed by atoms with Crippen molar-refractivity contribution in [2.45, 2.75) is 18.7 Å². The molecule has 1 aliphatic heterocycles. The predicted octanol–water partition coefficient (Wildman–Crippen LogP) is 2.30. The van der Waals surface area contributed by atoms with Crippen LogP contribution in [0.25, 0.3) is 22.5 Å². The van der Waals surface area contributed by atoms with Gasteiger partial charge in [-0.15, -0.1) is 0 Å². The van der Waals surface area contributed by atoms with Gasteiger partial charge in [0.2, 0.25) is 0 Å². The fourth-order valence-corrected chi connectivity index (χ4v) is 4.08. The van der Waals surface area contributed by atoms with Gasteiger partial charge in [0.05, 0.1) is 36.9 Å². The van der Waals surface area contributed by atoms with E-state index in [1.54, 1.807) is 12.3 Å². The summed E-state index contributed by atoms with van der Waals surface area (Å²) in [5, 5.41) is 6.78. The number of aromatic amines is 1. The molecule has 1 aromatic carbocycles. The highest BCUT2D eigenvalue weighted by Crippen LogP contribution is 2.26. The molecule has 0 spiro atoms. The Morgan fingerprint density at radius 3 is 2.59 bits per heavy atom. The van der Waals surface area contributed by atoms with E-state index in [-0.39, 0.29) is 11.8 Å². The minimum absolute atomic E-state index is 0.124. The Morgan fingerprint density at radius 1 is 1.17 bits per heavy atom. The van der Waals surface area contributed by atoms with Crippen molar-refractivity contribution in [2.75, 3.05) is 30.9 Å². The molecule has 4 rings (SSSR count). The lowest BCUT2D eigenvalue weighted by Crippen LogP contribution is -2.44. The van der Waals surface area contributed by atoms with Gasteiger partial charge in [0, 0.05) is 36.2 Å². The minimum Gasteiger partial charge on any atom is -0.377 e. The zero-order valence-corrected chi connectivity index (χ0v) is 17.2. The monoisotopic (exact) mass is 413 g/mol. The highest BCUT2D eigenvalue weighted by Gasteiger charge is 2.22. The summed E-state index contributed by atoms with van der Waals surface area (Å²) in [6, 6.07) is 9.75. The van der Waals surface area contributed by atoms with Gasteiger partial charge in [-0.25, -0.2) is 18.4 Å². The number of anilines is 1. The van der Waals surface area contributed by atoms with Gasteiger partial charge in [-0.2, -0.15) is 5.10 Å². The van der Waals surface area contributed by atoms with Gasteiger partial charge in [-0.05, 0) is 12.5 Å². The number of nitrogens with one attached hydrogen (secondary N) is 1. The van der Waals surface area contributed by atoms with Crippen LogP contribution in [0.3, 0.4) is 0 Å². The molecule has 1 fully saturated rings. The zero-order valence-electron chi connectivity index (χ0n) is 16.4. The van der Waals surface area contributed by atoms with Crippen LogP contribution < -0.4 is 4.90 Å². The van der Waals surface area contributed by atoms with Crippen LogP contribution in [0.4, 0.5) is 5.82 Å². The van der Waals surface area contributed by atoms with E-state index in [0.29, 0.717) is 31.3 Å². The highest BCUT2D eigenvalue weighted by molar-refractivity contribution is 7.89. The van der Waals surface area contributed by atoms with Crippen LogP contribution in [-0.4, -0.2) is 60.6 Å². The van der Waals surface area contributed by atoms with E-state index in [0.717, 1.165) is 22.5 Å². The summed E-state index contributed by atoms with van der Waals surface area (Å²) >= 11 is 0. The second-order valence-corrected chi connectivity index (χ2v) is 9.43. The number of hydrogen-bond acceptors (Lipinski definition) is 7. The summed E-state index contributed by atoms with van der Waals surface area (Å²) in [6.45, 7) is 4.00. The molecule has 0 unspecified atom stereocenters. The first-order valence-electron chi connectivity index (χ1n) is 9.39. The van der Waals surface area contributed by atoms with Crippen molar-refractivity contribution in [2.24, 2.45) is 0 Å². The third-order valence-electron chi connectivity index (χ3n) is 4.81. The van der Waals surface area contributed by atoms with Crippen molar-refractivity contribution in [3.8, 4) is 22.5 Å². The lowest BCUT2D eigenvalue weighted by Gasteiger charge is -2.34. The van der Waals surface area contributed by atoms with Crippen molar-refractivity contribution in [1.82, 2.24) is 20.2 Å². The molecule has 1 aliphatic rings. The summed E-state index contributed by atoms with van der Waals surface area (Å²) in [4.78, 5) is 11.4. The van der Waals surface area contributed by atoms with E-state index < -0.39 is 9.84 Å². The number of morpholine rings is 1. The zero-order chi connectivity index (χ0) is 20.4. The maximum absolute atomic E-state index is 11.9. The minimum atomic E-state index is -3.22. The molecule has 9 heteroatoms. The van der Waals surface area contributed by atoms with Crippen molar-refractivity contribution in [1.29, 1.82) is 0 Å². The predicted molar refractivity (Wildman–Crippen MR) is 111 cm³/mol. The Labute approximate surface area is 169 Å². The molecule has 0 amide bonds. The quantitative estimate of drug-likeness (QED) is 0.685. The van der Waals surface area contributed by atoms with Crippen LogP contribution in [-0.2, 0) is 20.3 Å². The van der Waals surface area contributed by atoms with Crippen LogP contribution in [0.5, 0.6) is 0 Å². The van der Waals surface area contributed by atoms with E-state index in [4.69, 9.17) is 9.72 Å². The van der Waals surface area contributed by atoms with Gasteiger partial charge in [0.15, 0.2) is 15.7 Å². The van der Waals surface area contributed by atoms with Crippen molar-refractivity contribution in [3.05, 3.63) is 48.4 Å². The molecule has 1 N–H and O–H groups in total. The third-order valence-corrected chi connectivity index (χ3v) is 5.63. The first-order valence-corrected chi connectivity index (χ1v) is 11.4. The Hall–Kier alpha value is -2.78. The molecule has 0 saturated carbocycles. The van der Waals surface area contributed by atoms with E-state index in [1.807, 2.05) is 30.5 Å². The van der Waals surface area contributed by atoms with Gasteiger partial charge in [-0.3, -0.25) is 5.10 Å². The summed E-state index contributed by atoms with van der Waals surface area (Å²) < 4.78 is 29.3. The molecule has 29 heavy (non-hydrogen) atoms. The van der Waals surface area contributed by atoms with Crippen LogP contribution in [0.2, 0.25) is 0 Å². The molecule has 0 radical (unpaired) electrons. The lowest BCUT2D eigenvalue weighted by atomic mass is 10.1. The Morgan fingerprint density at radius 2 is 1.93 bits per heavy atom. The molecular weight excluding hydrogens is 390 g/mol. The van der Waals surface area contributed by atoms with Crippen molar-refractivity contribution >= 4 is 15.7 Å². The number of nitrogens with zero attached hydrogens (tertiary/aromatic N) is 4. The number of hydrogen-bond donors (Lipinski definition) is 1. The molecule has 1 atom stereocenters. The topological polar surface area (TPSA) is 101 Å². The molecule has 8 nitrogen and oxygen atoms in total. The Balaban J connectivity index is 1.73. The number of benzene rings is 1. The number of sulfone groups is 1. The largest absolute Gasteiger partial charge is 0.377 e. The van der Waals surface area contributed by atoms with Gasteiger partial charge in [-0.1, -0.05) is 24.3 Å². The van der Waals surface area contributed by atoms with Crippen molar-refractivity contribution < 1.29 is 13.2 Å². The average molecular weight is 414 g/mol. The average Bonchev–Trinajstić information content (AvgIpc) is 3.22. The molecular formula is C20H23N5O3S. The van der Waals surface area contributed by atoms with Crippen LogP contribution in [0, 0.1) is 0 Å². The molecule has 0 bridgehead atoms. The first-order chi connectivity index (χ1) is 13.9. The number of aromatic nitrogens is 4. The van der Waals surface area contributed by atoms with Crippen LogP contribution in [0.1, 0.15) is 12.6 Å². The third kappa shape index (κ3) is 4.63. The lowest BCUT2D eigenvalue weighted by molar-refractivity contribution is 0.0985. The Kier molecular flexibility index (Phi) is 5.33. The highest BCUT2D eigenvalue weighted by atomic mass is 32.2. The van der Waals surface area contributed by atoms with Gasteiger partial charge >= 0.3 is 0 Å². The molecule has 152 valence electrons. The summed E-state index contributed by atoms with van der Waals surface area (Å²) in [5.41, 5.74) is 3.34. The standard InChI is InChI=1S/C20H23N5O3S/c1-14-12-28-8-7-25(14)19-9-18(13-29(2,26)27)23-20(24-19)16-5-3-15(4-6-16)17-10-21-22-11-17/h3-6,9-11,14H,7-8,12-13H2,1-2H3,(H,21,22)/t14-/m0/s1. The smallest absolute Gasteiger partial charge is 0.161 e. The first kappa shape index (κ1) is 19.5. The van der Waals surface area contributed by atoms with Crippen LogP contribution >= 0.6 is 0 Å². The SMILES string of the molecule is C[C@H]1COCCN1c1cc(CS(C)(=O)=O)nc(-c2ccc(-c3cn[nH]c3)cc2)n1.